The van der Waals surface area contributed by atoms with E-state index in [-0.39, 0.29) is 11.7 Å². The van der Waals surface area contributed by atoms with Crippen LogP contribution in [0.5, 0.6) is 0 Å². The lowest BCUT2D eigenvalue weighted by Crippen LogP contribution is -2.35. The Kier molecular flexibility index (Phi) is 5.37. The molecule has 6 heteroatoms. The zero-order valence-corrected chi connectivity index (χ0v) is 17.5. The smallest absolute Gasteiger partial charge is 0.254 e. The number of allylic oxidation sites excluding steroid dienone is 3. The molecule has 29 heavy (non-hydrogen) atoms. The fourth-order valence-corrected chi connectivity index (χ4v) is 4.30. The van der Waals surface area contributed by atoms with Crippen LogP contribution in [-0.4, -0.2) is 11.7 Å². The van der Waals surface area contributed by atoms with Crippen molar-refractivity contribution in [2.45, 2.75) is 32.1 Å². The van der Waals surface area contributed by atoms with Gasteiger partial charge in [0.25, 0.3) is 5.91 Å². The van der Waals surface area contributed by atoms with Crippen molar-refractivity contribution in [3.63, 3.8) is 0 Å². The summed E-state index contributed by atoms with van der Waals surface area (Å²) in [5, 5.41) is 6.07. The third-order valence-electron chi connectivity index (χ3n) is 5.31. The van der Waals surface area contributed by atoms with Crippen LogP contribution < -0.4 is 10.6 Å². The summed E-state index contributed by atoms with van der Waals surface area (Å²) >= 11 is 3.44. The fourth-order valence-electron chi connectivity index (χ4n) is 4.04. The third-order valence-corrected chi connectivity index (χ3v) is 5.84. The maximum absolute atomic E-state index is 13.6. The van der Waals surface area contributed by atoms with Gasteiger partial charge in [-0.3, -0.25) is 9.59 Å². The van der Waals surface area contributed by atoms with Gasteiger partial charge in [-0.05, 0) is 55.7 Å². The molecule has 2 N–H and O–H groups in total. The first-order valence-electron chi connectivity index (χ1n) is 9.50. The number of ketones is 1. The van der Waals surface area contributed by atoms with Gasteiger partial charge in [0, 0.05) is 45.0 Å². The third kappa shape index (κ3) is 3.90. The van der Waals surface area contributed by atoms with Gasteiger partial charge in [0.1, 0.15) is 5.82 Å². The standard InChI is InChI=1S/C23H20BrFN2O2/c1-13-20(23(29)27-17-5-2-4-16(25)12-17)21(14-8-10-15(24)11-9-14)22-18(26-13)6-3-7-19(22)28/h2,4-5,8-12,21,26H,3,6-7H2,1H3,(H,27,29). The molecule has 2 aromatic carbocycles. The lowest BCUT2D eigenvalue weighted by atomic mass is 9.75. The molecule has 1 amide bonds. The number of rotatable bonds is 3. The first-order valence-corrected chi connectivity index (χ1v) is 10.3. The first-order chi connectivity index (χ1) is 13.9. The number of hydrogen-bond acceptors (Lipinski definition) is 3. The molecule has 0 saturated heterocycles. The molecule has 2 aromatic rings. The van der Waals surface area contributed by atoms with E-state index in [1.54, 1.807) is 12.1 Å². The quantitative estimate of drug-likeness (QED) is 0.670. The second kappa shape index (κ2) is 7.95. The number of carbonyl (C=O) groups is 2. The molecule has 1 atom stereocenters. The van der Waals surface area contributed by atoms with E-state index in [1.807, 2.05) is 31.2 Å². The molecule has 1 heterocycles. The van der Waals surface area contributed by atoms with Crippen molar-refractivity contribution in [2.75, 3.05) is 5.32 Å². The average molecular weight is 455 g/mol. The highest BCUT2D eigenvalue weighted by molar-refractivity contribution is 9.10. The van der Waals surface area contributed by atoms with Gasteiger partial charge in [-0.1, -0.05) is 34.1 Å². The molecule has 1 aliphatic heterocycles. The predicted octanol–water partition coefficient (Wildman–Crippen LogP) is 5.19. The summed E-state index contributed by atoms with van der Waals surface area (Å²) < 4.78 is 14.5. The van der Waals surface area contributed by atoms with Gasteiger partial charge in [-0.2, -0.15) is 0 Å². The Morgan fingerprint density at radius 3 is 2.66 bits per heavy atom. The normalized spacial score (nSPS) is 19.0. The van der Waals surface area contributed by atoms with Gasteiger partial charge >= 0.3 is 0 Å². The first kappa shape index (κ1) is 19.6. The van der Waals surface area contributed by atoms with E-state index in [0.717, 1.165) is 28.6 Å². The molecule has 0 spiro atoms. The molecule has 0 radical (unpaired) electrons. The van der Waals surface area contributed by atoms with E-state index in [1.165, 1.54) is 12.1 Å². The summed E-state index contributed by atoms with van der Waals surface area (Å²) in [7, 11) is 0. The van der Waals surface area contributed by atoms with Gasteiger partial charge in [0.05, 0.1) is 0 Å². The van der Waals surface area contributed by atoms with E-state index in [9.17, 15) is 14.0 Å². The molecule has 4 nitrogen and oxygen atoms in total. The van der Waals surface area contributed by atoms with Crippen LogP contribution in [0.3, 0.4) is 0 Å². The Morgan fingerprint density at radius 1 is 1.17 bits per heavy atom. The van der Waals surface area contributed by atoms with Crippen molar-refractivity contribution in [1.29, 1.82) is 0 Å². The van der Waals surface area contributed by atoms with Gasteiger partial charge in [0.15, 0.2) is 5.78 Å². The van der Waals surface area contributed by atoms with E-state index < -0.39 is 11.7 Å². The number of carbonyl (C=O) groups excluding carboxylic acids is 2. The predicted molar refractivity (Wildman–Crippen MR) is 114 cm³/mol. The van der Waals surface area contributed by atoms with Crippen LogP contribution in [0.1, 0.15) is 37.7 Å². The monoisotopic (exact) mass is 454 g/mol. The second-order valence-electron chi connectivity index (χ2n) is 7.28. The molecule has 0 fully saturated rings. The van der Waals surface area contributed by atoms with E-state index in [2.05, 4.69) is 26.6 Å². The van der Waals surface area contributed by atoms with E-state index in [4.69, 9.17) is 0 Å². The summed E-state index contributed by atoms with van der Waals surface area (Å²) in [6.07, 6.45) is 2.06. The number of hydrogen-bond donors (Lipinski definition) is 2. The molecule has 0 aromatic heterocycles. The molecule has 1 unspecified atom stereocenters. The highest BCUT2D eigenvalue weighted by Crippen LogP contribution is 2.42. The zero-order chi connectivity index (χ0) is 20.5. The number of nitrogens with one attached hydrogen (secondary N) is 2. The van der Waals surface area contributed by atoms with Crippen molar-refractivity contribution >= 4 is 33.3 Å². The van der Waals surface area contributed by atoms with Gasteiger partial charge < -0.3 is 10.6 Å². The Hall–Kier alpha value is -2.73. The Morgan fingerprint density at radius 2 is 1.93 bits per heavy atom. The summed E-state index contributed by atoms with van der Waals surface area (Å²) in [4.78, 5) is 26.1. The van der Waals surface area contributed by atoms with Crippen LogP contribution in [0.25, 0.3) is 0 Å². The van der Waals surface area contributed by atoms with Crippen molar-refractivity contribution < 1.29 is 14.0 Å². The van der Waals surface area contributed by atoms with Crippen LogP contribution in [0, 0.1) is 5.82 Å². The Labute approximate surface area is 177 Å². The SMILES string of the molecule is CC1=C(C(=O)Nc2cccc(F)c2)C(c2ccc(Br)cc2)C2=C(CCCC2=O)N1. The topological polar surface area (TPSA) is 58.2 Å². The number of Topliss-reactive ketones (excluding diaryl/α,β-unsaturated/α-hetero) is 1. The molecular formula is C23H20BrFN2O2. The van der Waals surface area contributed by atoms with Crippen molar-refractivity contribution in [3.8, 4) is 0 Å². The molecular weight excluding hydrogens is 435 g/mol. The fraction of sp³-hybridized carbons (Fsp3) is 0.217. The van der Waals surface area contributed by atoms with Gasteiger partial charge in [-0.25, -0.2) is 4.39 Å². The van der Waals surface area contributed by atoms with Crippen molar-refractivity contribution in [2.24, 2.45) is 0 Å². The van der Waals surface area contributed by atoms with Crippen LogP contribution in [0.4, 0.5) is 10.1 Å². The summed E-state index contributed by atoms with van der Waals surface area (Å²) in [5.74, 6) is -1.17. The highest BCUT2D eigenvalue weighted by Gasteiger charge is 2.38. The number of dihydropyridines is 1. The van der Waals surface area contributed by atoms with Crippen LogP contribution in [-0.2, 0) is 9.59 Å². The second-order valence-corrected chi connectivity index (χ2v) is 8.20. The molecule has 0 bridgehead atoms. The van der Waals surface area contributed by atoms with Gasteiger partial charge in [-0.15, -0.1) is 0 Å². The zero-order valence-electron chi connectivity index (χ0n) is 15.9. The number of benzene rings is 2. The Bertz CT molecular complexity index is 1060. The minimum absolute atomic E-state index is 0.0650. The van der Waals surface area contributed by atoms with Crippen molar-refractivity contribution in [3.05, 3.63) is 86.9 Å². The van der Waals surface area contributed by atoms with Crippen LogP contribution in [0.2, 0.25) is 0 Å². The van der Waals surface area contributed by atoms with Gasteiger partial charge in [0.2, 0.25) is 0 Å². The van der Waals surface area contributed by atoms with Crippen LogP contribution >= 0.6 is 15.9 Å². The maximum Gasteiger partial charge on any atom is 0.254 e. The average Bonchev–Trinajstić information content (AvgIpc) is 2.67. The lowest BCUT2D eigenvalue weighted by Gasteiger charge is -2.34. The number of halogens is 2. The molecule has 0 saturated carbocycles. The lowest BCUT2D eigenvalue weighted by molar-refractivity contribution is -0.116. The van der Waals surface area contributed by atoms with E-state index >= 15 is 0 Å². The van der Waals surface area contributed by atoms with Crippen LogP contribution in [0.15, 0.2) is 75.5 Å². The Balaban J connectivity index is 1.78. The molecule has 4 rings (SSSR count). The summed E-state index contributed by atoms with van der Waals surface area (Å²) in [5.41, 5.74) is 3.99. The maximum atomic E-state index is 13.6. The number of amides is 1. The minimum Gasteiger partial charge on any atom is -0.362 e. The number of anilines is 1. The summed E-state index contributed by atoms with van der Waals surface area (Å²) in [6, 6.07) is 13.4. The highest BCUT2D eigenvalue weighted by atomic mass is 79.9. The molecule has 148 valence electrons. The largest absolute Gasteiger partial charge is 0.362 e. The summed E-state index contributed by atoms with van der Waals surface area (Å²) in [6.45, 7) is 1.84. The minimum atomic E-state index is -0.458. The molecule has 2 aliphatic rings. The van der Waals surface area contributed by atoms with Crippen molar-refractivity contribution in [1.82, 2.24) is 5.32 Å². The molecule has 1 aliphatic carbocycles. The van der Waals surface area contributed by atoms with E-state index in [0.29, 0.717) is 29.0 Å².